The number of pyridine rings is 1. The minimum atomic E-state index is -0.572. The summed E-state index contributed by atoms with van der Waals surface area (Å²) in [6.07, 6.45) is 0.519. The first-order valence-electron chi connectivity index (χ1n) is 8.41. The Morgan fingerprint density at radius 1 is 1.35 bits per heavy atom. The highest BCUT2D eigenvalue weighted by Crippen LogP contribution is 2.41. The highest BCUT2D eigenvalue weighted by molar-refractivity contribution is 5.94. The predicted octanol–water partition coefficient (Wildman–Crippen LogP) is 2.07. The van der Waals surface area contributed by atoms with Gasteiger partial charge in [0.25, 0.3) is 11.5 Å². The van der Waals surface area contributed by atoms with Crippen LogP contribution in [-0.4, -0.2) is 29.2 Å². The van der Waals surface area contributed by atoms with Gasteiger partial charge < -0.3 is 20.1 Å². The lowest BCUT2D eigenvalue weighted by atomic mass is 9.74. The van der Waals surface area contributed by atoms with Crippen molar-refractivity contribution in [2.45, 2.75) is 31.9 Å². The molecule has 2 aromatic rings. The molecule has 26 heavy (non-hydrogen) atoms. The topological polar surface area (TPSA) is 91.4 Å². The van der Waals surface area contributed by atoms with E-state index in [1.807, 2.05) is 0 Å². The number of methoxy groups -OCH3 is 1. The number of aromatic nitrogens is 1. The zero-order valence-electron chi connectivity index (χ0n) is 14.6. The average molecular weight is 360 g/mol. The minimum absolute atomic E-state index is 0.0177. The van der Waals surface area contributed by atoms with E-state index in [0.717, 1.165) is 0 Å². The van der Waals surface area contributed by atoms with E-state index in [9.17, 15) is 19.1 Å². The van der Waals surface area contributed by atoms with Gasteiger partial charge in [-0.1, -0.05) is 0 Å². The smallest absolute Gasteiger partial charge is 0.260 e. The van der Waals surface area contributed by atoms with Gasteiger partial charge in [-0.05, 0) is 56.0 Å². The summed E-state index contributed by atoms with van der Waals surface area (Å²) >= 11 is 0. The second-order valence-electron chi connectivity index (χ2n) is 6.61. The first-order valence-corrected chi connectivity index (χ1v) is 8.41. The molecular formula is C19H21FN2O4. The maximum Gasteiger partial charge on any atom is 0.260 e. The number of aliphatic hydroxyl groups excluding tert-OH is 1. The highest BCUT2D eigenvalue weighted by atomic mass is 19.1. The number of halogens is 1. The molecule has 7 heteroatoms. The number of nitrogens with one attached hydrogen (secondary N) is 2. The van der Waals surface area contributed by atoms with Crippen LogP contribution in [0.25, 0.3) is 0 Å². The van der Waals surface area contributed by atoms with Crippen LogP contribution in [0, 0.1) is 18.7 Å². The summed E-state index contributed by atoms with van der Waals surface area (Å²) < 4.78 is 19.1. The van der Waals surface area contributed by atoms with E-state index < -0.39 is 29.4 Å². The fraction of sp³-hybridized carbons (Fsp3) is 0.368. The number of hydrogen-bond acceptors (Lipinski definition) is 4. The van der Waals surface area contributed by atoms with Crippen LogP contribution in [0.3, 0.4) is 0 Å². The molecule has 3 N–H and O–H groups in total. The molecule has 1 aliphatic carbocycles. The molecule has 0 spiro atoms. The van der Waals surface area contributed by atoms with Crippen LogP contribution in [0.5, 0.6) is 5.75 Å². The molecule has 0 unspecified atom stereocenters. The molecule has 1 heterocycles. The van der Waals surface area contributed by atoms with Crippen LogP contribution in [0.4, 0.5) is 4.39 Å². The van der Waals surface area contributed by atoms with Crippen molar-refractivity contribution in [3.05, 3.63) is 63.3 Å². The largest absolute Gasteiger partial charge is 0.496 e. The van der Waals surface area contributed by atoms with Crippen molar-refractivity contribution in [2.75, 3.05) is 7.11 Å². The number of rotatable bonds is 5. The average Bonchev–Trinajstić information content (AvgIpc) is 2.57. The lowest BCUT2D eigenvalue weighted by Gasteiger charge is -2.38. The van der Waals surface area contributed by atoms with Gasteiger partial charge in [0, 0.05) is 11.3 Å². The summed E-state index contributed by atoms with van der Waals surface area (Å²) in [5.74, 6) is -0.637. The molecule has 3 rings (SSSR count). The molecule has 1 aromatic carbocycles. The maximum atomic E-state index is 13.8. The van der Waals surface area contributed by atoms with Crippen molar-refractivity contribution in [3.8, 4) is 5.75 Å². The Bertz CT molecular complexity index is 874. The van der Waals surface area contributed by atoms with Crippen LogP contribution in [0.1, 0.15) is 40.5 Å². The monoisotopic (exact) mass is 360 g/mol. The number of aliphatic hydroxyl groups is 1. The van der Waals surface area contributed by atoms with E-state index in [1.165, 1.54) is 31.4 Å². The van der Waals surface area contributed by atoms with Crippen LogP contribution >= 0.6 is 0 Å². The van der Waals surface area contributed by atoms with Gasteiger partial charge in [-0.2, -0.15) is 0 Å². The number of H-pyrrole nitrogens is 1. The lowest BCUT2D eigenvalue weighted by molar-refractivity contribution is 0.0231. The second-order valence-corrected chi connectivity index (χ2v) is 6.61. The summed E-state index contributed by atoms with van der Waals surface area (Å²) in [5.41, 5.74) is 0.634. The second kappa shape index (κ2) is 7.29. The molecule has 6 nitrogen and oxygen atoms in total. The summed E-state index contributed by atoms with van der Waals surface area (Å²) in [7, 11) is 1.47. The Kier molecular flexibility index (Phi) is 5.08. The van der Waals surface area contributed by atoms with Crippen LogP contribution < -0.4 is 15.6 Å². The molecule has 1 amide bonds. The molecule has 0 radical (unpaired) electrons. The standard InChI is InChI=1S/C19H21FN2O4/c1-10-3-5-14(18(24)21-10)19(25)22-17(11-7-13(23)8-11)15-9-12(20)4-6-16(15)26-2/h3-6,9,11,13,17,23H,7-8H2,1-2H3,(H,21,24)(H,22,25)/t11?,13?,17-/m1/s1. The number of aromatic amines is 1. The van der Waals surface area contributed by atoms with Gasteiger partial charge in [-0.25, -0.2) is 4.39 Å². The molecule has 1 aliphatic rings. The highest BCUT2D eigenvalue weighted by Gasteiger charge is 2.37. The number of aryl methyl sites for hydroxylation is 1. The third kappa shape index (κ3) is 3.62. The van der Waals surface area contributed by atoms with Crippen LogP contribution in [0.15, 0.2) is 35.1 Å². The van der Waals surface area contributed by atoms with E-state index in [4.69, 9.17) is 4.74 Å². The number of carbonyl (C=O) groups is 1. The van der Waals surface area contributed by atoms with E-state index >= 15 is 0 Å². The van der Waals surface area contributed by atoms with Crippen molar-refractivity contribution in [1.29, 1.82) is 0 Å². The van der Waals surface area contributed by atoms with Gasteiger partial charge in [0.05, 0.1) is 19.3 Å². The van der Waals surface area contributed by atoms with E-state index in [1.54, 1.807) is 13.0 Å². The van der Waals surface area contributed by atoms with Crippen molar-refractivity contribution in [3.63, 3.8) is 0 Å². The normalized spacial score (nSPS) is 20.2. The third-order valence-corrected chi connectivity index (χ3v) is 4.73. The molecule has 1 fully saturated rings. The van der Waals surface area contributed by atoms with Gasteiger partial charge in [-0.3, -0.25) is 9.59 Å². The number of amides is 1. The number of hydrogen-bond donors (Lipinski definition) is 3. The molecule has 1 saturated carbocycles. The first-order chi connectivity index (χ1) is 12.4. The van der Waals surface area contributed by atoms with E-state index in [-0.39, 0.29) is 11.5 Å². The van der Waals surface area contributed by atoms with Gasteiger partial charge >= 0.3 is 0 Å². The quantitative estimate of drug-likeness (QED) is 0.761. The van der Waals surface area contributed by atoms with Crippen molar-refractivity contribution in [2.24, 2.45) is 5.92 Å². The zero-order chi connectivity index (χ0) is 18.8. The van der Waals surface area contributed by atoms with Crippen LogP contribution in [-0.2, 0) is 0 Å². The fourth-order valence-electron chi connectivity index (χ4n) is 3.27. The van der Waals surface area contributed by atoms with Crippen molar-refractivity contribution >= 4 is 5.91 Å². The summed E-state index contributed by atoms with van der Waals surface area (Å²) in [5, 5.41) is 12.5. The molecule has 0 bridgehead atoms. The first kappa shape index (κ1) is 18.1. The molecular weight excluding hydrogens is 339 g/mol. The Hall–Kier alpha value is -2.67. The molecule has 138 valence electrons. The van der Waals surface area contributed by atoms with Gasteiger partial charge in [0.2, 0.25) is 0 Å². The summed E-state index contributed by atoms with van der Waals surface area (Å²) in [6, 6.07) is 6.62. The summed E-state index contributed by atoms with van der Waals surface area (Å²) in [6.45, 7) is 1.72. The molecule has 0 aliphatic heterocycles. The predicted molar refractivity (Wildman–Crippen MR) is 93.7 cm³/mol. The van der Waals surface area contributed by atoms with Gasteiger partial charge in [-0.15, -0.1) is 0 Å². The molecule has 0 saturated heterocycles. The Balaban J connectivity index is 1.94. The van der Waals surface area contributed by atoms with Gasteiger partial charge in [0.15, 0.2) is 0 Å². The molecule has 1 aromatic heterocycles. The Labute approximate surface area is 150 Å². The van der Waals surface area contributed by atoms with Crippen LogP contribution in [0.2, 0.25) is 0 Å². The lowest BCUT2D eigenvalue weighted by Crippen LogP contribution is -2.42. The number of benzene rings is 1. The SMILES string of the molecule is COc1ccc(F)cc1[C@H](NC(=O)c1ccc(C)[nH]c1=O)C1CC(O)C1. The van der Waals surface area contributed by atoms with E-state index in [2.05, 4.69) is 10.3 Å². The van der Waals surface area contributed by atoms with Crippen molar-refractivity contribution < 1.29 is 19.0 Å². The fourth-order valence-corrected chi connectivity index (χ4v) is 3.27. The Morgan fingerprint density at radius 3 is 2.69 bits per heavy atom. The minimum Gasteiger partial charge on any atom is -0.496 e. The third-order valence-electron chi connectivity index (χ3n) is 4.73. The number of ether oxygens (including phenoxy) is 1. The van der Waals surface area contributed by atoms with E-state index in [0.29, 0.717) is 29.8 Å². The molecule has 1 atom stereocenters. The maximum absolute atomic E-state index is 13.8. The Morgan fingerprint density at radius 2 is 2.08 bits per heavy atom. The number of carbonyl (C=O) groups excluding carboxylic acids is 1. The summed E-state index contributed by atoms with van der Waals surface area (Å²) in [4.78, 5) is 27.3. The van der Waals surface area contributed by atoms with Crippen molar-refractivity contribution in [1.82, 2.24) is 10.3 Å². The van der Waals surface area contributed by atoms with Gasteiger partial charge in [0.1, 0.15) is 17.1 Å². The zero-order valence-corrected chi connectivity index (χ0v) is 14.6.